The van der Waals surface area contributed by atoms with Gasteiger partial charge in [-0.2, -0.15) is 8.42 Å². The van der Waals surface area contributed by atoms with Gasteiger partial charge < -0.3 is 15.2 Å². The number of hydrogen-bond donors (Lipinski definition) is 3. The van der Waals surface area contributed by atoms with Gasteiger partial charge in [0.05, 0.1) is 13.0 Å². The van der Waals surface area contributed by atoms with Gasteiger partial charge in [0.2, 0.25) is 5.91 Å². The number of carboxylic acids is 1. The van der Waals surface area contributed by atoms with Gasteiger partial charge in [0.1, 0.15) is 6.54 Å². The maximum absolute atomic E-state index is 11.5. The standard InChI is InChI=1S/C18H33NO8S/c1-2-3-4-5-6-7-8-9-10-11-12-27-17(21)14-19-16(20)13-15(18(22)23)28(24,25)26/h15H,2-14H2,1H3,(H,19,20)(H,22,23)(H,24,25,26)/t15-/m1/s1. The van der Waals surface area contributed by atoms with Crippen LogP contribution in [0.1, 0.15) is 77.6 Å². The summed E-state index contributed by atoms with van der Waals surface area (Å²) >= 11 is 0. The summed E-state index contributed by atoms with van der Waals surface area (Å²) in [6.45, 7) is 1.93. The highest BCUT2D eigenvalue weighted by Crippen LogP contribution is 2.10. The van der Waals surface area contributed by atoms with Gasteiger partial charge in [-0.3, -0.25) is 18.9 Å². The molecule has 3 N–H and O–H groups in total. The first-order chi connectivity index (χ1) is 13.2. The van der Waals surface area contributed by atoms with Crippen LogP contribution in [0.2, 0.25) is 0 Å². The quantitative estimate of drug-likeness (QED) is 0.183. The number of esters is 1. The summed E-state index contributed by atoms with van der Waals surface area (Å²) in [6, 6.07) is 0. The molecule has 10 heteroatoms. The van der Waals surface area contributed by atoms with Crippen LogP contribution in [0.15, 0.2) is 0 Å². The lowest BCUT2D eigenvalue weighted by Gasteiger charge is -2.09. The highest BCUT2D eigenvalue weighted by Gasteiger charge is 2.33. The number of carbonyl (C=O) groups excluding carboxylic acids is 2. The van der Waals surface area contributed by atoms with Crippen LogP contribution >= 0.6 is 0 Å². The molecule has 0 rings (SSSR count). The molecule has 164 valence electrons. The number of aliphatic carboxylic acids is 1. The third kappa shape index (κ3) is 14.4. The number of nitrogens with one attached hydrogen (secondary N) is 1. The van der Waals surface area contributed by atoms with Crippen molar-refractivity contribution in [2.75, 3.05) is 13.2 Å². The van der Waals surface area contributed by atoms with Gasteiger partial charge in [-0.25, -0.2) is 0 Å². The van der Waals surface area contributed by atoms with Crippen molar-refractivity contribution in [2.45, 2.75) is 82.8 Å². The molecule has 0 aromatic heterocycles. The summed E-state index contributed by atoms with van der Waals surface area (Å²) in [4.78, 5) is 33.8. The summed E-state index contributed by atoms with van der Waals surface area (Å²) < 4.78 is 35.5. The number of ether oxygens (including phenoxy) is 1. The van der Waals surface area contributed by atoms with E-state index < -0.39 is 46.2 Å². The maximum atomic E-state index is 11.5. The fraction of sp³-hybridized carbons (Fsp3) is 0.833. The molecular formula is C18H33NO8S. The molecule has 0 bridgehead atoms. The SMILES string of the molecule is CCCCCCCCCCCCOC(=O)CNC(=O)C[C@H](C(=O)O)S(=O)(=O)O. The van der Waals surface area contributed by atoms with Gasteiger partial charge in [0, 0.05) is 0 Å². The first-order valence-electron chi connectivity index (χ1n) is 9.80. The van der Waals surface area contributed by atoms with E-state index in [-0.39, 0.29) is 6.61 Å². The van der Waals surface area contributed by atoms with E-state index in [2.05, 4.69) is 12.2 Å². The van der Waals surface area contributed by atoms with Crippen LogP contribution < -0.4 is 5.32 Å². The maximum Gasteiger partial charge on any atom is 0.325 e. The smallest absolute Gasteiger partial charge is 0.325 e. The zero-order chi connectivity index (χ0) is 21.4. The van der Waals surface area contributed by atoms with Crippen molar-refractivity contribution >= 4 is 28.0 Å². The van der Waals surface area contributed by atoms with E-state index in [0.717, 1.165) is 25.7 Å². The Balaban J connectivity index is 3.72. The Kier molecular flexibility index (Phi) is 14.4. The van der Waals surface area contributed by atoms with E-state index in [0.29, 0.717) is 0 Å². The van der Waals surface area contributed by atoms with Gasteiger partial charge in [0.15, 0.2) is 5.25 Å². The predicted octanol–water partition coefficient (Wildman–Crippen LogP) is 2.30. The van der Waals surface area contributed by atoms with Crippen LogP contribution in [0.3, 0.4) is 0 Å². The summed E-state index contributed by atoms with van der Waals surface area (Å²) in [5, 5.41) is 8.50. The van der Waals surface area contributed by atoms with Crippen LogP contribution in [-0.4, -0.2) is 54.3 Å². The first-order valence-corrected chi connectivity index (χ1v) is 11.3. The Morgan fingerprint density at radius 3 is 1.89 bits per heavy atom. The molecule has 0 radical (unpaired) electrons. The number of amides is 1. The molecule has 0 fully saturated rings. The molecule has 0 saturated carbocycles. The van der Waals surface area contributed by atoms with Crippen LogP contribution in [0.25, 0.3) is 0 Å². The lowest BCUT2D eigenvalue weighted by molar-refractivity contribution is -0.144. The lowest BCUT2D eigenvalue weighted by atomic mass is 10.1. The van der Waals surface area contributed by atoms with Crippen molar-refractivity contribution in [1.82, 2.24) is 5.32 Å². The number of hydrogen-bond acceptors (Lipinski definition) is 6. The second-order valence-electron chi connectivity index (χ2n) is 6.73. The minimum atomic E-state index is -4.91. The Bertz CT molecular complexity index is 576. The van der Waals surface area contributed by atoms with Crippen molar-refractivity contribution in [3.63, 3.8) is 0 Å². The summed E-state index contributed by atoms with van der Waals surface area (Å²) in [6.07, 6.45) is 10.5. The molecule has 9 nitrogen and oxygen atoms in total. The summed E-state index contributed by atoms with van der Waals surface area (Å²) in [7, 11) is -4.91. The third-order valence-corrected chi connectivity index (χ3v) is 5.28. The summed E-state index contributed by atoms with van der Waals surface area (Å²) in [5.41, 5.74) is 0. The van der Waals surface area contributed by atoms with Crippen LogP contribution in [-0.2, 0) is 29.2 Å². The minimum absolute atomic E-state index is 0.230. The van der Waals surface area contributed by atoms with Crippen LogP contribution in [0.5, 0.6) is 0 Å². The predicted molar refractivity (Wildman–Crippen MR) is 103 cm³/mol. The van der Waals surface area contributed by atoms with Gasteiger partial charge in [-0.05, 0) is 6.42 Å². The topological polar surface area (TPSA) is 147 Å². The van der Waals surface area contributed by atoms with Gasteiger partial charge in [-0.15, -0.1) is 0 Å². The molecule has 0 aromatic rings. The van der Waals surface area contributed by atoms with Gasteiger partial charge in [0.25, 0.3) is 10.1 Å². The molecule has 0 aromatic carbocycles. The highest BCUT2D eigenvalue weighted by molar-refractivity contribution is 7.87. The number of carbonyl (C=O) groups is 3. The molecule has 28 heavy (non-hydrogen) atoms. The van der Waals surface area contributed by atoms with Crippen LogP contribution in [0, 0.1) is 0 Å². The van der Waals surface area contributed by atoms with Crippen molar-refractivity contribution < 1.29 is 37.2 Å². The molecule has 0 aliphatic carbocycles. The molecule has 0 unspecified atom stereocenters. The lowest BCUT2D eigenvalue weighted by Crippen LogP contribution is -2.38. The first kappa shape index (κ1) is 26.3. The molecule has 1 atom stereocenters. The average molecular weight is 424 g/mol. The Morgan fingerprint density at radius 1 is 0.929 bits per heavy atom. The van der Waals surface area contributed by atoms with E-state index in [9.17, 15) is 22.8 Å². The molecule has 0 spiro atoms. The minimum Gasteiger partial charge on any atom is -0.480 e. The Labute approximate surface area is 167 Å². The zero-order valence-corrected chi connectivity index (χ0v) is 17.3. The molecule has 0 aliphatic heterocycles. The normalized spacial score (nSPS) is 12.4. The summed E-state index contributed by atoms with van der Waals surface area (Å²) in [5.74, 6) is -3.52. The monoisotopic (exact) mass is 423 g/mol. The fourth-order valence-electron chi connectivity index (χ4n) is 2.56. The largest absolute Gasteiger partial charge is 0.480 e. The second kappa shape index (κ2) is 15.3. The Morgan fingerprint density at radius 2 is 1.43 bits per heavy atom. The molecule has 0 saturated heterocycles. The zero-order valence-electron chi connectivity index (χ0n) is 16.5. The molecule has 0 heterocycles. The van der Waals surface area contributed by atoms with E-state index >= 15 is 0 Å². The number of unbranched alkanes of at least 4 members (excludes halogenated alkanes) is 9. The van der Waals surface area contributed by atoms with Gasteiger partial charge >= 0.3 is 11.9 Å². The average Bonchev–Trinajstić information content (AvgIpc) is 2.61. The fourth-order valence-corrected chi connectivity index (χ4v) is 3.17. The van der Waals surface area contributed by atoms with Crippen LogP contribution in [0.4, 0.5) is 0 Å². The molecular weight excluding hydrogens is 390 g/mol. The van der Waals surface area contributed by atoms with Crippen molar-refractivity contribution in [3.05, 3.63) is 0 Å². The second-order valence-corrected chi connectivity index (χ2v) is 8.32. The molecule has 0 aliphatic rings. The third-order valence-electron chi connectivity index (χ3n) is 4.20. The van der Waals surface area contributed by atoms with Crippen molar-refractivity contribution in [3.8, 4) is 0 Å². The van der Waals surface area contributed by atoms with E-state index in [1.807, 2.05) is 0 Å². The highest BCUT2D eigenvalue weighted by atomic mass is 32.2. The van der Waals surface area contributed by atoms with E-state index in [4.69, 9.17) is 14.4 Å². The number of carboxylic acid groups (broad SMARTS) is 1. The van der Waals surface area contributed by atoms with Crippen molar-refractivity contribution in [1.29, 1.82) is 0 Å². The van der Waals surface area contributed by atoms with Crippen molar-refractivity contribution in [2.24, 2.45) is 0 Å². The number of rotatable bonds is 17. The Hall–Kier alpha value is -1.68. The molecule has 1 amide bonds. The van der Waals surface area contributed by atoms with E-state index in [1.165, 1.54) is 38.5 Å². The van der Waals surface area contributed by atoms with E-state index in [1.54, 1.807) is 0 Å². The van der Waals surface area contributed by atoms with Gasteiger partial charge in [-0.1, -0.05) is 64.7 Å².